The molecule has 0 atom stereocenters. The molecule has 6 heteroatoms. The van der Waals surface area contributed by atoms with E-state index in [1.165, 1.54) is 0 Å². The summed E-state index contributed by atoms with van der Waals surface area (Å²) in [4.78, 5) is 14.5. The summed E-state index contributed by atoms with van der Waals surface area (Å²) in [6.07, 6.45) is 2.95. The average Bonchev–Trinajstić information content (AvgIpc) is 2.49. The lowest BCUT2D eigenvalue weighted by Gasteiger charge is -2.26. The van der Waals surface area contributed by atoms with Gasteiger partial charge in [0.15, 0.2) is 0 Å². The van der Waals surface area contributed by atoms with Crippen LogP contribution >= 0.6 is 23.2 Å². The molecule has 0 radical (unpaired) electrons. The monoisotopic (exact) mass is 327 g/mol. The number of hydrazone groups is 1. The van der Waals surface area contributed by atoms with Crippen molar-refractivity contribution in [2.45, 2.75) is 26.2 Å². The number of piperidine rings is 1. The number of hydrogen-bond acceptors (Lipinski definition) is 3. The molecule has 1 fully saturated rings. The van der Waals surface area contributed by atoms with Crippen molar-refractivity contribution in [1.29, 1.82) is 0 Å². The number of nitrogens with zero attached hydrogens (tertiary/aromatic N) is 2. The first kappa shape index (κ1) is 16.3. The molecule has 4 nitrogen and oxygen atoms in total. The van der Waals surface area contributed by atoms with Gasteiger partial charge in [0.2, 0.25) is 0 Å². The molecule has 1 amide bonds. The Bertz CT molecular complexity index is 536. The second-order valence-corrected chi connectivity index (χ2v) is 5.93. The first-order valence-corrected chi connectivity index (χ1v) is 7.89. The predicted molar refractivity (Wildman–Crippen MR) is 87.3 cm³/mol. The number of carbonyl (C=O) groups is 1. The largest absolute Gasteiger partial charge is 0.303 e. The van der Waals surface area contributed by atoms with Gasteiger partial charge in [-0.3, -0.25) is 4.79 Å². The Labute approximate surface area is 135 Å². The molecule has 0 bridgehead atoms. The van der Waals surface area contributed by atoms with Gasteiger partial charge in [-0.15, -0.1) is 0 Å². The van der Waals surface area contributed by atoms with E-state index in [-0.39, 0.29) is 5.91 Å². The number of hydrogen-bond donors (Lipinski definition) is 1. The normalized spacial score (nSPS) is 15.9. The maximum Gasteiger partial charge on any atom is 0.272 e. The highest BCUT2D eigenvalue weighted by Crippen LogP contribution is 2.20. The fraction of sp³-hybridized carbons (Fsp3) is 0.467. The standard InChI is InChI=1S/C15H19Cl2N3O/c1-2-7-20-8-5-12(6-9-20)18-19-15(21)13-10-11(16)3-4-14(13)17/h3-4,10H,2,5-9H2,1H3,(H,19,21). The van der Waals surface area contributed by atoms with Gasteiger partial charge in [-0.05, 0) is 31.2 Å². The summed E-state index contributed by atoms with van der Waals surface area (Å²) in [5, 5.41) is 5.06. The first-order valence-electron chi connectivity index (χ1n) is 7.13. The van der Waals surface area contributed by atoms with Crippen LogP contribution in [0.25, 0.3) is 0 Å². The summed E-state index contributed by atoms with van der Waals surface area (Å²) in [5.74, 6) is -0.328. The van der Waals surface area contributed by atoms with Crippen LogP contribution in [0.5, 0.6) is 0 Å². The average molecular weight is 328 g/mol. The van der Waals surface area contributed by atoms with Crippen molar-refractivity contribution < 1.29 is 4.79 Å². The van der Waals surface area contributed by atoms with E-state index in [0.29, 0.717) is 15.6 Å². The van der Waals surface area contributed by atoms with Crippen molar-refractivity contribution in [2.75, 3.05) is 19.6 Å². The summed E-state index contributed by atoms with van der Waals surface area (Å²) in [5.41, 5.74) is 3.94. The van der Waals surface area contributed by atoms with Crippen LogP contribution in [-0.4, -0.2) is 36.2 Å². The van der Waals surface area contributed by atoms with Gasteiger partial charge in [0, 0.05) is 36.7 Å². The second-order valence-electron chi connectivity index (χ2n) is 5.08. The summed E-state index contributed by atoms with van der Waals surface area (Å²) in [7, 11) is 0. The molecule has 1 saturated heterocycles. The van der Waals surface area contributed by atoms with E-state index in [1.54, 1.807) is 18.2 Å². The van der Waals surface area contributed by atoms with Crippen molar-refractivity contribution >= 4 is 34.8 Å². The van der Waals surface area contributed by atoms with Crippen LogP contribution in [0.1, 0.15) is 36.5 Å². The highest BCUT2D eigenvalue weighted by atomic mass is 35.5. The van der Waals surface area contributed by atoms with Crippen molar-refractivity contribution in [1.82, 2.24) is 10.3 Å². The van der Waals surface area contributed by atoms with E-state index in [0.717, 1.165) is 44.6 Å². The SMILES string of the molecule is CCCN1CCC(=NNC(=O)c2cc(Cl)ccc2Cl)CC1. The van der Waals surface area contributed by atoms with Gasteiger partial charge in [0.25, 0.3) is 5.91 Å². The van der Waals surface area contributed by atoms with Crippen LogP contribution in [0.4, 0.5) is 0 Å². The molecule has 1 aliphatic rings. The molecule has 0 spiro atoms. The van der Waals surface area contributed by atoms with Crippen LogP contribution in [0.2, 0.25) is 10.0 Å². The summed E-state index contributed by atoms with van der Waals surface area (Å²) < 4.78 is 0. The molecule has 1 heterocycles. The lowest BCUT2D eigenvalue weighted by Crippen LogP contribution is -2.35. The molecule has 0 unspecified atom stereocenters. The van der Waals surface area contributed by atoms with Gasteiger partial charge in [-0.25, -0.2) is 5.43 Å². The van der Waals surface area contributed by atoms with Crippen LogP contribution in [0.15, 0.2) is 23.3 Å². The van der Waals surface area contributed by atoms with Crippen molar-refractivity contribution in [3.05, 3.63) is 33.8 Å². The number of nitrogens with one attached hydrogen (secondary N) is 1. The quantitative estimate of drug-likeness (QED) is 0.859. The third kappa shape index (κ3) is 4.70. The minimum atomic E-state index is -0.328. The molecule has 2 rings (SSSR count). The zero-order valence-electron chi connectivity index (χ0n) is 12.0. The van der Waals surface area contributed by atoms with E-state index in [4.69, 9.17) is 23.2 Å². The maximum atomic E-state index is 12.1. The zero-order valence-corrected chi connectivity index (χ0v) is 13.5. The highest BCUT2D eigenvalue weighted by molar-refractivity contribution is 6.35. The molecule has 114 valence electrons. The Kier molecular flexibility index (Phi) is 6.03. The van der Waals surface area contributed by atoms with Crippen LogP contribution in [-0.2, 0) is 0 Å². The lowest BCUT2D eigenvalue weighted by atomic mass is 10.1. The van der Waals surface area contributed by atoms with E-state index < -0.39 is 0 Å². The summed E-state index contributed by atoms with van der Waals surface area (Å²) >= 11 is 11.9. The molecule has 21 heavy (non-hydrogen) atoms. The Morgan fingerprint density at radius 2 is 2.05 bits per heavy atom. The van der Waals surface area contributed by atoms with Gasteiger partial charge in [-0.2, -0.15) is 5.10 Å². The van der Waals surface area contributed by atoms with E-state index in [1.807, 2.05) is 0 Å². The fourth-order valence-electron chi connectivity index (χ4n) is 2.32. The molecular weight excluding hydrogens is 309 g/mol. The number of carbonyl (C=O) groups excluding carboxylic acids is 1. The van der Waals surface area contributed by atoms with Gasteiger partial charge >= 0.3 is 0 Å². The molecule has 1 aromatic rings. The molecule has 0 aromatic heterocycles. The van der Waals surface area contributed by atoms with Gasteiger partial charge in [0.1, 0.15) is 0 Å². The predicted octanol–water partition coefficient (Wildman–Crippen LogP) is 3.59. The second kappa shape index (κ2) is 7.78. The molecule has 0 aliphatic carbocycles. The van der Waals surface area contributed by atoms with Crippen molar-refractivity contribution in [2.24, 2.45) is 5.10 Å². The number of rotatable bonds is 4. The third-order valence-electron chi connectivity index (χ3n) is 3.46. The van der Waals surface area contributed by atoms with Gasteiger partial charge in [-0.1, -0.05) is 30.1 Å². The Hall–Kier alpha value is -1.10. The summed E-state index contributed by atoms with van der Waals surface area (Å²) in [6.45, 7) is 5.30. The smallest absolute Gasteiger partial charge is 0.272 e. The molecule has 0 saturated carbocycles. The van der Waals surface area contributed by atoms with E-state index >= 15 is 0 Å². The van der Waals surface area contributed by atoms with Crippen LogP contribution < -0.4 is 5.43 Å². The van der Waals surface area contributed by atoms with Crippen LogP contribution in [0, 0.1) is 0 Å². The van der Waals surface area contributed by atoms with Gasteiger partial charge in [0.05, 0.1) is 10.6 Å². The molecule has 1 aromatic carbocycles. The molecule has 1 aliphatic heterocycles. The third-order valence-corrected chi connectivity index (χ3v) is 4.03. The molecule has 1 N–H and O–H groups in total. The first-order chi connectivity index (χ1) is 10.1. The Balaban J connectivity index is 1.92. The maximum absolute atomic E-state index is 12.1. The summed E-state index contributed by atoms with van der Waals surface area (Å²) in [6, 6.07) is 4.80. The number of amides is 1. The van der Waals surface area contributed by atoms with Crippen molar-refractivity contribution in [3.8, 4) is 0 Å². The number of likely N-dealkylation sites (tertiary alicyclic amines) is 1. The zero-order chi connectivity index (χ0) is 15.2. The Morgan fingerprint density at radius 3 is 2.71 bits per heavy atom. The van der Waals surface area contributed by atoms with E-state index in [9.17, 15) is 4.79 Å². The lowest BCUT2D eigenvalue weighted by molar-refractivity contribution is 0.0954. The number of benzene rings is 1. The highest BCUT2D eigenvalue weighted by Gasteiger charge is 2.15. The topological polar surface area (TPSA) is 44.7 Å². The van der Waals surface area contributed by atoms with Gasteiger partial charge < -0.3 is 4.90 Å². The van der Waals surface area contributed by atoms with E-state index in [2.05, 4.69) is 22.4 Å². The fourth-order valence-corrected chi connectivity index (χ4v) is 2.70. The Morgan fingerprint density at radius 1 is 1.33 bits per heavy atom. The number of halogens is 2. The van der Waals surface area contributed by atoms with Crippen molar-refractivity contribution in [3.63, 3.8) is 0 Å². The van der Waals surface area contributed by atoms with Crippen LogP contribution in [0.3, 0.4) is 0 Å². The molecular formula is C15H19Cl2N3O. The minimum Gasteiger partial charge on any atom is -0.303 e. The minimum absolute atomic E-state index is 0.328.